The number of nitrogens with one attached hydrogen (secondary N) is 1. The van der Waals surface area contributed by atoms with Crippen LogP contribution in [0.4, 0.5) is 15.9 Å². The average molecular weight is 380 g/mol. The van der Waals surface area contributed by atoms with Crippen molar-refractivity contribution in [3.63, 3.8) is 0 Å². The smallest absolute Gasteiger partial charge is 0.227 e. The Morgan fingerprint density at radius 3 is 2.64 bits per heavy atom. The largest absolute Gasteiger partial charge is 0.356 e. The number of hydrogen-bond donors (Lipinski definition) is 1. The summed E-state index contributed by atoms with van der Waals surface area (Å²) >= 11 is 0. The van der Waals surface area contributed by atoms with Gasteiger partial charge in [0.1, 0.15) is 29.6 Å². The van der Waals surface area contributed by atoms with E-state index in [1.54, 1.807) is 24.7 Å². The zero-order chi connectivity index (χ0) is 19.5. The Labute approximate surface area is 162 Å². The lowest BCUT2D eigenvalue weighted by Crippen LogP contribution is -2.38. The van der Waals surface area contributed by atoms with Crippen molar-refractivity contribution < 1.29 is 9.18 Å². The van der Waals surface area contributed by atoms with E-state index < -0.39 is 0 Å². The highest BCUT2D eigenvalue weighted by atomic mass is 19.1. The molecule has 0 aliphatic carbocycles. The van der Waals surface area contributed by atoms with E-state index in [9.17, 15) is 9.18 Å². The van der Waals surface area contributed by atoms with E-state index in [0.29, 0.717) is 18.5 Å². The van der Waals surface area contributed by atoms with Gasteiger partial charge >= 0.3 is 0 Å². The first-order chi connectivity index (χ1) is 13.6. The van der Waals surface area contributed by atoms with Crippen molar-refractivity contribution in [1.29, 1.82) is 0 Å². The summed E-state index contributed by atoms with van der Waals surface area (Å²) in [5.74, 6) is 1.94. The number of carbonyl (C=O) groups excluding carboxylic acids is 1. The molecule has 3 heterocycles. The summed E-state index contributed by atoms with van der Waals surface area (Å²) in [5, 5.41) is 2.81. The van der Waals surface area contributed by atoms with E-state index in [-0.39, 0.29) is 17.6 Å². The molecule has 1 N–H and O–H groups in total. The molecule has 0 atom stereocenters. The number of carbonyl (C=O) groups is 1. The molecule has 0 bridgehead atoms. The number of nitrogens with zero attached hydrogens (tertiary/aromatic N) is 5. The Morgan fingerprint density at radius 2 is 1.93 bits per heavy atom. The molecule has 1 aliphatic heterocycles. The molecule has 28 heavy (non-hydrogen) atoms. The number of piperidine rings is 1. The molecule has 1 aliphatic rings. The van der Waals surface area contributed by atoms with Gasteiger partial charge in [0.15, 0.2) is 0 Å². The Kier molecular flexibility index (Phi) is 5.01. The maximum atomic E-state index is 13.3. The summed E-state index contributed by atoms with van der Waals surface area (Å²) in [6.07, 6.45) is 6.58. The zero-order valence-electron chi connectivity index (χ0n) is 15.5. The molecule has 3 aromatic rings. The number of halogens is 1. The molecule has 4 rings (SSSR count). The normalized spacial score (nSPS) is 14.9. The number of benzene rings is 1. The quantitative estimate of drug-likeness (QED) is 0.753. The van der Waals surface area contributed by atoms with Crippen LogP contribution in [0.3, 0.4) is 0 Å². The maximum Gasteiger partial charge on any atom is 0.227 e. The second-order valence-electron chi connectivity index (χ2n) is 6.84. The second kappa shape index (κ2) is 7.75. The van der Waals surface area contributed by atoms with Crippen molar-refractivity contribution in [3.05, 3.63) is 60.7 Å². The third-order valence-electron chi connectivity index (χ3n) is 4.99. The number of amides is 1. The molecule has 8 heteroatoms. The van der Waals surface area contributed by atoms with Crippen molar-refractivity contribution in [1.82, 2.24) is 19.5 Å². The highest BCUT2D eigenvalue weighted by molar-refractivity contribution is 5.92. The van der Waals surface area contributed by atoms with Gasteiger partial charge in [-0.25, -0.2) is 19.3 Å². The average Bonchev–Trinajstić information content (AvgIpc) is 3.14. The number of aryl methyl sites for hydroxylation is 1. The van der Waals surface area contributed by atoms with E-state index in [1.807, 2.05) is 23.8 Å². The van der Waals surface area contributed by atoms with Crippen molar-refractivity contribution in [2.75, 3.05) is 23.3 Å². The van der Waals surface area contributed by atoms with E-state index in [1.165, 1.54) is 12.1 Å². The first-order valence-electron chi connectivity index (χ1n) is 9.24. The lowest BCUT2D eigenvalue weighted by molar-refractivity contribution is -0.120. The number of imidazole rings is 1. The van der Waals surface area contributed by atoms with Crippen molar-refractivity contribution >= 4 is 17.4 Å². The van der Waals surface area contributed by atoms with Crippen molar-refractivity contribution in [2.45, 2.75) is 19.8 Å². The monoisotopic (exact) mass is 380 g/mol. The number of rotatable bonds is 4. The Balaban J connectivity index is 1.39. The highest BCUT2D eigenvalue weighted by Crippen LogP contribution is 2.24. The standard InChI is InChI=1S/C20H21FN6O/c1-14-22-7-10-27(14)19-12-18(23-13-24-19)26-8-5-15(6-9-26)20(28)25-17-4-2-3-16(21)11-17/h2-4,7,10-13,15H,5-6,8-9H2,1H3,(H,25,28). The van der Waals surface area contributed by atoms with Gasteiger partial charge in [0, 0.05) is 43.2 Å². The lowest BCUT2D eigenvalue weighted by Gasteiger charge is -2.32. The number of anilines is 2. The van der Waals surface area contributed by atoms with Crippen molar-refractivity contribution in [3.8, 4) is 5.82 Å². The van der Waals surface area contributed by atoms with Gasteiger partial charge in [-0.15, -0.1) is 0 Å². The van der Waals surface area contributed by atoms with Gasteiger partial charge in [-0.05, 0) is 38.0 Å². The van der Waals surface area contributed by atoms with Gasteiger partial charge in [0.2, 0.25) is 5.91 Å². The van der Waals surface area contributed by atoms with Crippen LogP contribution in [0.25, 0.3) is 5.82 Å². The van der Waals surface area contributed by atoms with E-state index in [2.05, 4.69) is 25.2 Å². The summed E-state index contributed by atoms with van der Waals surface area (Å²) in [6.45, 7) is 3.37. The summed E-state index contributed by atoms with van der Waals surface area (Å²) < 4.78 is 15.2. The van der Waals surface area contributed by atoms with Crippen LogP contribution in [0.15, 0.2) is 49.1 Å². The third kappa shape index (κ3) is 3.85. The van der Waals surface area contributed by atoms with Crippen LogP contribution >= 0.6 is 0 Å². The zero-order valence-corrected chi connectivity index (χ0v) is 15.5. The fourth-order valence-electron chi connectivity index (χ4n) is 3.44. The minimum Gasteiger partial charge on any atom is -0.356 e. The van der Waals surface area contributed by atoms with Gasteiger partial charge in [-0.1, -0.05) is 6.07 Å². The van der Waals surface area contributed by atoms with Crippen LogP contribution in [0.2, 0.25) is 0 Å². The van der Waals surface area contributed by atoms with Crippen molar-refractivity contribution in [2.24, 2.45) is 5.92 Å². The summed E-state index contributed by atoms with van der Waals surface area (Å²) in [4.78, 5) is 27.6. The van der Waals surface area contributed by atoms with E-state index in [0.717, 1.165) is 30.5 Å². The first kappa shape index (κ1) is 18.1. The SMILES string of the molecule is Cc1nccn1-c1cc(N2CCC(C(=O)Nc3cccc(F)c3)CC2)ncn1. The van der Waals surface area contributed by atoms with E-state index >= 15 is 0 Å². The van der Waals surface area contributed by atoms with Crippen LogP contribution in [0, 0.1) is 18.7 Å². The molecule has 1 amide bonds. The van der Waals surface area contributed by atoms with Gasteiger partial charge in [0.25, 0.3) is 0 Å². The maximum absolute atomic E-state index is 13.3. The van der Waals surface area contributed by atoms with Crippen LogP contribution in [0.1, 0.15) is 18.7 Å². The molecule has 7 nitrogen and oxygen atoms in total. The predicted molar refractivity (Wildman–Crippen MR) is 104 cm³/mol. The number of hydrogen-bond acceptors (Lipinski definition) is 5. The van der Waals surface area contributed by atoms with Crippen LogP contribution < -0.4 is 10.2 Å². The Bertz CT molecular complexity index is 980. The molecule has 144 valence electrons. The Morgan fingerprint density at radius 1 is 1.14 bits per heavy atom. The van der Waals surface area contributed by atoms with Gasteiger partial charge in [-0.2, -0.15) is 0 Å². The molecular formula is C20H21FN6O. The first-order valence-corrected chi connectivity index (χ1v) is 9.24. The Hall–Kier alpha value is -3.29. The third-order valence-corrected chi connectivity index (χ3v) is 4.99. The summed E-state index contributed by atoms with van der Waals surface area (Å²) in [6, 6.07) is 7.89. The predicted octanol–water partition coefficient (Wildman–Crippen LogP) is 2.96. The summed E-state index contributed by atoms with van der Waals surface area (Å²) in [7, 11) is 0. The summed E-state index contributed by atoms with van der Waals surface area (Å²) in [5.41, 5.74) is 0.489. The molecule has 0 spiro atoms. The molecule has 2 aromatic heterocycles. The minimum absolute atomic E-state index is 0.0670. The van der Waals surface area contributed by atoms with Gasteiger partial charge < -0.3 is 10.2 Å². The lowest BCUT2D eigenvalue weighted by atomic mass is 9.96. The number of aromatic nitrogens is 4. The van der Waals surface area contributed by atoms with Crippen LogP contribution in [0.5, 0.6) is 0 Å². The second-order valence-corrected chi connectivity index (χ2v) is 6.84. The fourth-order valence-corrected chi connectivity index (χ4v) is 3.44. The molecule has 0 radical (unpaired) electrons. The molecule has 1 saturated heterocycles. The molecule has 0 saturated carbocycles. The molecule has 1 fully saturated rings. The van der Waals surface area contributed by atoms with E-state index in [4.69, 9.17) is 0 Å². The van der Waals surface area contributed by atoms with Crippen LogP contribution in [-0.4, -0.2) is 38.5 Å². The topological polar surface area (TPSA) is 75.9 Å². The molecule has 0 unspecified atom stereocenters. The molecular weight excluding hydrogens is 359 g/mol. The van der Waals surface area contributed by atoms with Crippen LogP contribution in [-0.2, 0) is 4.79 Å². The minimum atomic E-state index is -0.361. The molecule has 1 aromatic carbocycles. The van der Waals surface area contributed by atoms with Gasteiger partial charge in [-0.3, -0.25) is 9.36 Å². The fraction of sp³-hybridized carbons (Fsp3) is 0.300. The highest BCUT2D eigenvalue weighted by Gasteiger charge is 2.26. The van der Waals surface area contributed by atoms with Gasteiger partial charge in [0.05, 0.1) is 0 Å².